The lowest BCUT2D eigenvalue weighted by Gasteiger charge is -2.34. The van der Waals surface area contributed by atoms with Crippen molar-refractivity contribution >= 4 is 35.7 Å². The summed E-state index contributed by atoms with van der Waals surface area (Å²) in [4.78, 5) is 58.2. The van der Waals surface area contributed by atoms with Crippen molar-refractivity contribution in [3.05, 3.63) is 119 Å². The second-order valence-corrected chi connectivity index (χ2v) is 28.3. The third kappa shape index (κ3) is 23.3. The number of epoxide rings is 2. The molecule has 10 atom stereocenters. The molecule has 3 heterocycles. The maximum absolute atomic E-state index is 13.0. The Hall–Kier alpha value is -7.22. The van der Waals surface area contributed by atoms with Crippen LogP contribution in [-0.4, -0.2) is 190 Å². The van der Waals surface area contributed by atoms with Gasteiger partial charge in [-0.3, -0.25) is 34.8 Å². The number of likely N-dealkylation sites (N-methyl/N-ethyl adjacent to an activating group) is 2. The average molecular weight is 1320 g/mol. The molecule has 95 heavy (non-hydrogen) atoms. The van der Waals surface area contributed by atoms with Gasteiger partial charge in [0.15, 0.2) is 0 Å². The largest absolute Gasteiger partial charge is 0.858 e. The highest BCUT2D eigenvalue weighted by molar-refractivity contribution is 5.96. The van der Waals surface area contributed by atoms with E-state index in [-0.39, 0.29) is 88.2 Å². The number of nitrogens with zero attached hydrogens (tertiary/aromatic N) is 4. The zero-order valence-corrected chi connectivity index (χ0v) is 57.1. The molecule has 6 aliphatic rings. The van der Waals surface area contributed by atoms with Gasteiger partial charge in [-0.2, -0.15) is 0 Å². The molecule has 10 unspecified atom stereocenters. The number of nitrogens with one attached hydrogen (secondary N) is 1. The van der Waals surface area contributed by atoms with Crippen LogP contribution < -0.4 is 35.3 Å². The summed E-state index contributed by atoms with van der Waals surface area (Å²) in [5.41, 5.74) is 7.01. The zero-order valence-electron chi connectivity index (χ0n) is 57.1. The van der Waals surface area contributed by atoms with Gasteiger partial charge in [0.25, 0.3) is 5.91 Å². The second kappa shape index (κ2) is 34.1. The molecule has 3 aliphatic heterocycles. The number of carbonyl (C=O) groups excluding carboxylic acids is 3. The maximum atomic E-state index is 13.0. The van der Waals surface area contributed by atoms with E-state index >= 15 is 0 Å². The van der Waals surface area contributed by atoms with Crippen molar-refractivity contribution in [3.63, 3.8) is 0 Å². The van der Waals surface area contributed by atoms with E-state index in [0.29, 0.717) is 50.4 Å². The predicted octanol–water partition coefficient (Wildman–Crippen LogP) is 7.00. The SMILES string of the molecule is CC(C)(c1ccc(OCC(O)C[N+](C)(C)N=C([O-])C2CCCCC2C(=O)O)cc1)c1ccc(OCC(O)C[N+](C)(C)NC(=O)C2CCCCC2C(=O)O)cc1.CC(C)(c1ccc(OCC2CO2)cc1)c1ccc(OCC2CO2)cc1.CN(C)N.O=C1OC(=O)C2CCCCC12. The zero-order chi connectivity index (χ0) is 69.3. The van der Waals surface area contributed by atoms with Crippen LogP contribution >= 0.6 is 0 Å². The Labute approximate surface area is 559 Å². The van der Waals surface area contributed by atoms with E-state index in [0.717, 1.165) is 87.2 Å². The number of carbonyl (C=O) groups is 5. The predicted molar refractivity (Wildman–Crippen MR) is 354 cm³/mol. The molecular formula is C72H103N6O17+. The summed E-state index contributed by atoms with van der Waals surface area (Å²) in [7, 11) is 10.4. The highest BCUT2D eigenvalue weighted by Gasteiger charge is 2.45. The van der Waals surface area contributed by atoms with Crippen LogP contribution in [-0.2, 0) is 49.0 Å². The van der Waals surface area contributed by atoms with E-state index in [1.54, 1.807) is 42.3 Å². The van der Waals surface area contributed by atoms with Crippen LogP contribution in [0.1, 0.15) is 127 Å². The lowest BCUT2D eigenvalue weighted by molar-refractivity contribution is -0.928. The van der Waals surface area contributed by atoms with E-state index in [1.807, 2.05) is 72.8 Å². The number of hydrogen-bond acceptors (Lipinski definition) is 18. The fraction of sp³-hybridized carbons (Fsp3) is 0.583. The van der Waals surface area contributed by atoms with E-state index < -0.39 is 53.7 Å². The number of ether oxygens (including phenoxy) is 7. The Bertz CT molecular complexity index is 3060. The van der Waals surface area contributed by atoms with Gasteiger partial charge in [0.05, 0.1) is 71.0 Å². The number of amides is 1. The van der Waals surface area contributed by atoms with Gasteiger partial charge in [-0.1, -0.05) is 115 Å². The molecule has 6 fully saturated rings. The number of hydrazine groups is 1. The number of benzene rings is 4. The number of cyclic esters (lactones) is 2. The molecule has 23 nitrogen and oxygen atoms in total. The summed E-state index contributed by atoms with van der Waals surface area (Å²) < 4.78 is 37.9. The molecule has 3 aliphatic carbocycles. The van der Waals surface area contributed by atoms with Crippen molar-refractivity contribution < 1.29 is 91.8 Å². The number of carboxylic acids is 2. The topological polar surface area (TPSA) is 314 Å². The minimum Gasteiger partial charge on any atom is -0.858 e. The third-order valence-corrected chi connectivity index (χ3v) is 18.4. The monoisotopic (exact) mass is 1320 g/mol. The molecule has 10 rings (SSSR count). The van der Waals surface area contributed by atoms with Crippen LogP contribution in [0.2, 0.25) is 0 Å². The molecular weight excluding hydrogens is 1220 g/mol. The molecule has 0 radical (unpaired) electrons. The summed E-state index contributed by atoms with van der Waals surface area (Å²) in [6.07, 6.45) is 7.77. The minimum absolute atomic E-state index is 0.00864. The molecule has 7 N–H and O–H groups in total. The second-order valence-electron chi connectivity index (χ2n) is 28.3. The average Bonchev–Trinajstić information content (AvgIpc) is 1.44. The number of nitrogens with two attached hydrogens (primary N) is 1. The third-order valence-electron chi connectivity index (χ3n) is 18.4. The molecule has 0 aromatic heterocycles. The van der Waals surface area contributed by atoms with Crippen LogP contribution in [0.5, 0.6) is 23.0 Å². The summed E-state index contributed by atoms with van der Waals surface area (Å²) in [6.45, 7) is 11.9. The van der Waals surface area contributed by atoms with E-state index in [1.165, 1.54) is 16.1 Å². The van der Waals surface area contributed by atoms with Crippen molar-refractivity contribution in [1.82, 2.24) is 10.4 Å². The number of carboxylic acid groups (broad SMARTS) is 2. The molecule has 4 aromatic carbocycles. The van der Waals surface area contributed by atoms with Gasteiger partial charge in [-0.25, -0.2) is 14.6 Å². The van der Waals surface area contributed by atoms with E-state index in [2.05, 4.69) is 67.2 Å². The molecule has 1 amide bonds. The first-order chi connectivity index (χ1) is 44.9. The summed E-state index contributed by atoms with van der Waals surface area (Å²) in [5.74, 6) is 1.81. The fourth-order valence-corrected chi connectivity index (χ4v) is 12.7. The van der Waals surface area contributed by atoms with Crippen molar-refractivity contribution in [1.29, 1.82) is 0 Å². The smallest absolute Gasteiger partial charge is 0.317 e. The first-order valence-electron chi connectivity index (χ1n) is 33.3. The van der Waals surface area contributed by atoms with Crippen molar-refractivity contribution in [2.75, 3.05) is 95.0 Å². The number of hydrogen-bond donors (Lipinski definition) is 6. The Morgan fingerprint density at radius 3 is 1.24 bits per heavy atom. The highest BCUT2D eigenvalue weighted by atomic mass is 16.6. The van der Waals surface area contributed by atoms with Crippen LogP contribution in [0.25, 0.3) is 0 Å². The lowest BCUT2D eigenvalue weighted by Crippen LogP contribution is -2.60. The highest BCUT2D eigenvalue weighted by Crippen LogP contribution is 2.38. The molecule has 23 heteroatoms. The lowest BCUT2D eigenvalue weighted by atomic mass is 9.78. The van der Waals surface area contributed by atoms with Gasteiger partial charge in [-0.15, -0.1) is 5.10 Å². The van der Waals surface area contributed by atoms with E-state index in [9.17, 15) is 49.5 Å². The molecule has 4 aromatic rings. The number of fused-ring (bicyclic) bond motifs is 1. The first kappa shape index (κ1) is 75.2. The molecule has 3 saturated heterocycles. The Morgan fingerprint density at radius 2 is 0.884 bits per heavy atom. The quantitative estimate of drug-likeness (QED) is 0.00539. The number of rotatable bonds is 26. The van der Waals surface area contributed by atoms with Crippen LogP contribution in [0, 0.1) is 35.5 Å². The summed E-state index contributed by atoms with van der Waals surface area (Å²) in [5, 5.41) is 59.2. The number of quaternary nitrogens is 2. The standard InChI is InChI=1S/C41H60N4O10.C21H24O4.C8H10O3.C2H8N2/c1-41(2,27-15-19-31(20-16-27)54-25-29(46)23-44(3,4)42-37(48)33-11-7-9-13-35(33)39(50)51)28-17-21-32(22-18-28)55-26-30(47)24-45(5,6)43-38(49)34-12-8-10-14-36(34)40(52)53;1-21(2,15-3-7-17(8-4-15)22-11-19-13-24-19)16-5-9-18(10-6-16)23-12-20-14-25-20;9-7-5-3-1-2-4-6(5)8(10)11-7;1-4(2)3/h15-22,29-30,33-36,46-47H,7-14,23-26H2,1-6H3,(H2-2,42,43,48,49,50,51,52,53);3-10,19-20H,11-14H2,1-2H3;5-6H,1-4H2;3H2,1-2H3/p+1. The van der Waals surface area contributed by atoms with E-state index in [4.69, 9.17) is 34.3 Å². The van der Waals surface area contributed by atoms with Gasteiger partial charge in [-0.05, 0) is 109 Å². The number of aliphatic hydroxyl groups is 2. The Morgan fingerprint density at radius 1 is 0.568 bits per heavy atom. The van der Waals surface area contributed by atoms with Crippen LogP contribution in [0.15, 0.2) is 102 Å². The van der Waals surface area contributed by atoms with Gasteiger partial charge in [0.2, 0.25) is 0 Å². The number of esters is 2. The number of aliphatic carboxylic acids is 2. The normalized spacial score (nSPS) is 23.2. The molecule has 522 valence electrons. The molecule has 0 spiro atoms. The van der Waals surface area contributed by atoms with Crippen LogP contribution in [0.4, 0.5) is 0 Å². The van der Waals surface area contributed by atoms with Gasteiger partial charge in [0.1, 0.15) is 86.9 Å². The van der Waals surface area contributed by atoms with Crippen molar-refractivity contribution in [3.8, 4) is 23.0 Å². The van der Waals surface area contributed by atoms with Gasteiger partial charge in [0, 0.05) is 36.7 Å². The maximum Gasteiger partial charge on any atom is 0.317 e. The Kier molecular flexibility index (Phi) is 27.0. The van der Waals surface area contributed by atoms with Crippen LogP contribution in [0.3, 0.4) is 0 Å². The number of aliphatic hydroxyl groups excluding tert-OH is 2. The van der Waals surface area contributed by atoms with Gasteiger partial charge >= 0.3 is 23.9 Å². The fourth-order valence-electron chi connectivity index (χ4n) is 12.7. The summed E-state index contributed by atoms with van der Waals surface area (Å²) >= 11 is 0. The minimum atomic E-state index is -0.964. The molecule has 3 saturated carbocycles. The molecule has 0 bridgehead atoms. The Balaban J connectivity index is 0.000000256. The van der Waals surface area contributed by atoms with Crippen molar-refractivity contribution in [2.45, 2.75) is 140 Å². The van der Waals surface area contributed by atoms with Gasteiger partial charge < -0.3 is 58.7 Å². The first-order valence-corrected chi connectivity index (χ1v) is 33.3. The van der Waals surface area contributed by atoms with Crippen molar-refractivity contribution in [2.24, 2.45) is 46.5 Å². The summed E-state index contributed by atoms with van der Waals surface area (Å²) in [6, 6.07) is 31.9.